The lowest BCUT2D eigenvalue weighted by atomic mass is 9.84. The Morgan fingerprint density at radius 2 is 2.21 bits per heavy atom. The summed E-state index contributed by atoms with van der Waals surface area (Å²) in [4.78, 5) is 10.8. The lowest BCUT2D eigenvalue weighted by Crippen LogP contribution is -2.65. The van der Waals surface area contributed by atoms with E-state index in [9.17, 15) is 0 Å². The number of likely N-dealkylation sites (tertiary alicyclic amines) is 1. The van der Waals surface area contributed by atoms with Crippen molar-refractivity contribution in [2.24, 2.45) is 0 Å². The predicted octanol–water partition coefficient (Wildman–Crippen LogP) is 1.89. The molecular weight excluding hydrogens is 308 g/mol. The van der Waals surface area contributed by atoms with Gasteiger partial charge < -0.3 is 14.0 Å². The zero-order valence-corrected chi connectivity index (χ0v) is 14.1. The summed E-state index contributed by atoms with van der Waals surface area (Å²) in [7, 11) is 0. The van der Waals surface area contributed by atoms with Gasteiger partial charge in [0.05, 0.1) is 29.8 Å². The fourth-order valence-corrected chi connectivity index (χ4v) is 3.57. The van der Waals surface area contributed by atoms with Crippen LogP contribution in [0.1, 0.15) is 30.0 Å². The van der Waals surface area contributed by atoms with Gasteiger partial charge in [-0.05, 0) is 13.8 Å². The molecule has 7 heteroatoms. The third-order valence-corrected chi connectivity index (χ3v) is 4.55. The second-order valence-corrected chi connectivity index (χ2v) is 6.84. The maximum atomic E-state index is 6.06. The van der Waals surface area contributed by atoms with Crippen molar-refractivity contribution in [1.82, 2.24) is 20.0 Å². The van der Waals surface area contributed by atoms with E-state index in [1.807, 2.05) is 19.9 Å². The Hall–Kier alpha value is -1.99. The van der Waals surface area contributed by atoms with Crippen LogP contribution in [0.15, 0.2) is 23.0 Å². The molecule has 2 fully saturated rings. The van der Waals surface area contributed by atoms with Crippen LogP contribution in [0.25, 0.3) is 0 Å². The Morgan fingerprint density at radius 3 is 2.96 bits per heavy atom. The van der Waals surface area contributed by atoms with Crippen LogP contribution in [0.3, 0.4) is 0 Å². The number of nitrogens with zero attached hydrogens (tertiary/aromatic N) is 4. The first-order valence-electron chi connectivity index (χ1n) is 8.34. The molecule has 128 valence electrons. The monoisotopic (exact) mass is 330 g/mol. The molecule has 2 saturated heterocycles. The molecule has 1 atom stereocenters. The van der Waals surface area contributed by atoms with E-state index in [0.717, 1.165) is 56.2 Å². The summed E-state index contributed by atoms with van der Waals surface area (Å²) in [5, 5.41) is 4.05. The van der Waals surface area contributed by atoms with Crippen LogP contribution in [0.5, 0.6) is 5.88 Å². The molecule has 0 N–H and O–H groups in total. The zero-order chi connectivity index (χ0) is 16.6. The molecule has 2 aromatic rings. The Bertz CT molecular complexity index is 711. The Kier molecular flexibility index (Phi) is 3.97. The fraction of sp³-hybridized carbons (Fsp3) is 0.588. The average molecular weight is 330 g/mol. The average Bonchev–Trinajstić information content (AvgIpc) is 2.91. The fourth-order valence-electron chi connectivity index (χ4n) is 3.57. The number of hydrogen-bond donors (Lipinski definition) is 0. The van der Waals surface area contributed by atoms with Crippen LogP contribution >= 0.6 is 0 Å². The van der Waals surface area contributed by atoms with Crippen molar-refractivity contribution in [3.05, 3.63) is 35.6 Å². The first kappa shape index (κ1) is 15.5. The molecule has 0 aliphatic carbocycles. The van der Waals surface area contributed by atoms with Crippen molar-refractivity contribution in [1.29, 1.82) is 0 Å². The van der Waals surface area contributed by atoms with Crippen molar-refractivity contribution < 1.29 is 14.0 Å². The normalized spacial score (nSPS) is 23.2. The molecule has 7 nitrogen and oxygen atoms in total. The van der Waals surface area contributed by atoms with Gasteiger partial charge in [-0.15, -0.1) is 0 Å². The van der Waals surface area contributed by atoms with Crippen LogP contribution < -0.4 is 4.74 Å². The smallest absolute Gasteiger partial charge is 0.232 e. The lowest BCUT2D eigenvalue weighted by molar-refractivity contribution is -0.188. The van der Waals surface area contributed by atoms with Gasteiger partial charge in [-0.1, -0.05) is 5.16 Å². The molecule has 0 amide bonds. The van der Waals surface area contributed by atoms with E-state index < -0.39 is 0 Å². The summed E-state index contributed by atoms with van der Waals surface area (Å²) in [6.45, 7) is 7.16. The second kappa shape index (κ2) is 6.14. The molecule has 0 bridgehead atoms. The molecule has 0 saturated carbocycles. The van der Waals surface area contributed by atoms with Crippen molar-refractivity contribution >= 4 is 0 Å². The number of rotatable bonds is 4. The maximum absolute atomic E-state index is 6.06. The van der Waals surface area contributed by atoms with E-state index in [4.69, 9.17) is 14.0 Å². The molecule has 2 aromatic heterocycles. The zero-order valence-electron chi connectivity index (χ0n) is 14.1. The van der Waals surface area contributed by atoms with Crippen molar-refractivity contribution in [2.75, 3.05) is 19.7 Å². The largest absolute Gasteiger partial charge is 0.473 e. The first-order chi connectivity index (χ1) is 11.6. The summed E-state index contributed by atoms with van der Waals surface area (Å²) >= 11 is 0. The molecule has 24 heavy (non-hydrogen) atoms. The van der Waals surface area contributed by atoms with E-state index in [2.05, 4.69) is 20.0 Å². The summed E-state index contributed by atoms with van der Waals surface area (Å²) in [5.74, 6) is 1.45. The van der Waals surface area contributed by atoms with Gasteiger partial charge in [-0.2, -0.15) is 0 Å². The van der Waals surface area contributed by atoms with Gasteiger partial charge in [0.15, 0.2) is 0 Å². The summed E-state index contributed by atoms with van der Waals surface area (Å²) in [6, 6.07) is 1.98. The number of aryl methyl sites for hydroxylation is 2. The highest BCUT2D eigenvalue weighted by molar-refractivity contribution is 5.10. The molecular formula is C17H22N4O3. The third kappa shape index (κ3) is 3.27. The van der Waals surface area contributed by atoms with Crippen molar-refractivity contribution in [3.63, 3.8) is 0 Å². The molecule has 0 aromatic carbocycles. The minimum absolute atomic E-state index is 0.0983. The van der Waals surface area contributed by atoms with Crippen LogP contribution in [-0.4, -0.2) is 51.4 Å². The quantitative estimate of drug-likeness (QED) is 0.847. The Labute approximate surface area is 141 Å². The van der Waals surface area contributed by atoms with Crippen LogP contribution in [0.2, 0.25) is 0 Å². The number of aromatic nitrogens is 3. The minimum atomic E-state index is -0.0983. The topological polar surface area (TPSA) is 73.5 Å². The first-order valence-corrected chi connectivity index (χ1v) is 8.34. The van der Waals surface area contributed by atoms with Crippen molar-refractivity contribution in [2.45, 2.75) is 44.9 Å². The van der Waals surface area contributed by atoms with Gasteiger partial charge in [0.1, 0.15) is 11.9 Å². The minimum Gasteiger partial charge on any atom is -0.473 e. The maximum Gasteiger partial charge on any atom is 0.232 e. The molecule has 2 aliphatic heterocycles. The molecule has 0 radical (unpaired) electrons. The Balaban J connectivity index is 1.32. The highest BCUT2D eigenvalue weighted by Gasteiger charge is 2.48. The summed E-state index contributed by atoms with van der Waals surface area (Å²) < 4.78 is 17.2. The molecule has 1 spiro atoms. The molecule has 2 aliphatic rings. The van der Waals surface area contributed by atoms with E-state index in [-0.39, 0.29) is 11.7 Å². The number of ether oxygens (including phenoxy) is 2. The van der Waals surface area contributed by atoms with Gasteiger partial charge in [-0.25, -0.2) is 4.98 Å². The van der Waals surface area contributed by atoms with Gasteiger partial charge in [-0.3, -0.25) is 9.88 Å². The van der Waals surface area contributed by atoms with Gasteiger partial charge in [0, 0.05) is 44.7 Å². The summed E-state index contributed by atoms with van der Waals surface area (Å²) in [6.07, 6.45) is 5.31. The Morgan fingerprint density at radius 1 is 1.33 bits per heavy atom. The summed E-state index contributed by atoms with van der Waals surface area (Å²) in [5.41, 5.74) is 1.74. The van der Waals surface area contributed by atoms with Gasteiger partial charge in [0.25, 0.3) is 0 Å². The predicted molar refractivity (Wildman–Crippen MR) is 85.6 cm³/mol. The molecule has 4 rings (SSSR count). The van der Waals surface area contributed by atoms with E-state index in [1.54, 1.807) is 12.4 Å². The van der Waals surface area contributed by atoms with Gasteiger partial charge in [0.2, 0.25) is 5.88 Å². The SMILES string of the molecule is Cc1cncc(O[C@H]2CCOC3(C2)CN(Cc2cc(C)on2)C3)n1. The molecule has 0 unspecified atom stereocenters. The van der Waals surface area contributed by atoms with Crippen LogP contribution in [0, 0.1) is 13.8 Å². The second-order valence-electron chi connectivity index (χ2n) is 6.84. The van der Waals surface area contributed by atoms with Crippen molar-refractivity contribution in [3.8, 4) is 5.88 Å². The van der Waals surface area contributed by atoms with Crippen LogP contribution in [0.4, 0.5) is 0 Å². The van der Waals surface area contributed by atoms with Crippen LogP contribution in [-0.2, 0) is 11.3 Å². The third-order valence-electron chi connectivity index (χ3n) is 4.55. The highest BCUT2D eigenvalue weighted by Crippen LogP contribution is 2.36. The highest BCUT2D eigenvalue weighted by atomic mass is 16.5. The molecule has 4 heterocycles. The van der Waals surface area contributed by atoms with E-state index in [0.29, 0.717) is 5.88 Å². The van der Waals surface area contributed by atoms with Gasteiger partial charge >= 0.3 is 0 Å². The number of hydrogen-bond acceptors (Lipinski definition) is 7. The lowest BCUT2D eigenvalue weighted by Gasteiger charge is -2.52. The van der Waals surface area contributed by atoms with E-state index in [1.165, 1.54) is 0 Å². The van der Waals surface area contributed by atoms with E-state index >= 15 is 0 Å². The standard InChI is InChI=1S/C17H22N4O3/c1-12-7-18-8-16(19-12)23-15-3-4-22-17(6-15)10-21(11-17)9-14-5-13(2)24-20-14/h5,7-8,15H,3-4,6,9-11H2,1-2H3/t15-/m0/s1.